The van der Waals surface area contributed by atoms with Gasteiger partial charge < -0.3 is 4.98 Å². The molecule has 5 rings (SSSR count). The Morgan fingerprint density at radius 3 is 2.43 bits per heavy atom. The molecule has 110 valence electrons. The van der Waals surface area contributed by atoms with Gasteiger partial charge in [-0.3, -0.25) is 0 Å². The van der Waals surface area contributed by atoms with E-state index in [-0.39, 0.29) is 0 Å². The summed E-state index contributed by atoms with van der Waals surface area (Å²) in [5, 5.41) is 8.28. The van der Waals surface area contributed by atoms with Gasteiger partial charge in [0.2, 0.25) is 0 Å². The fourth-order valence-electron chi connectivity index (χ4n) is 3.68. The van der Waals surface area contributed by atoms with Crippen LogP contribution in [-0.2, 0) is 0 Å². The number of H-pyrrole nitrogens is 1. The topological polar surface area (TPSA) is 15.8 Å². The number of aromatic amines is 1. The van der Waals surface area contributed by atoms with Crippen molar-refractivity contribution >= 4 is 55.0 Å². The Hall–Kier alpha value is -2.51. The largest absolute Gasteiger partial charge is 0.354 e. The normalized spacial score (nSPS) is 11.9. The number of rotatable bonds is 0. The highest BCUT2D eigenvalue weighted by Gasteiger charge is 2.13. The van der Waals surface area contributed by atoms with Gasteiger partial charge in [0.05, 0.1) is 5.52 Å². The summed E-state index contributed by atoms with van der Waals surface area (Å²) in [6.45, 7) is 2.13. The van der Waals surface area contributed by atoms with Crippen molar-refractivity contribution in [2.45, 2.75) is 6.92 Å². The van der Waals surface area contributed by atoms with E-state index in [9.17, 15) is 0 Å². The van der Waals surface area contributed by atoms with Crippen LogP contribution in [0.15, 0.2) is 60.7 Å². The first kappa shape index (κ1) is 13.0. The van der Waals surface area contributed by atoms with Gasteiger partial charge >= 0.3 is 0 Å². The van der Waals surface area contributed by atoms with Crippen LogP contribution >= 0.6 is 11.6 Å². The summed E-state index contributed by atoms with van der Waals surface area (Å²) in [4.78, 5) is 3.61. The maximum absolute atomic E-state index is 6.29. The van der Waals surface area contributed by atoms with Gasteiger partial charge in [-0.15, -0.1) is 0 Å². The number of aryl methyl sites for hydroxylation is 1. The number of benzene rings is 4. The van der Waals surface area contributed by atoms with Crippen LogP contribution in [0.3, 0.4) is 0 Å². The zero-order chi connectivity index (χ0) is 15.6. The minimum absolute atomic E-state index is 0.777. The second-order valence-corrected chi connectivity index (χ2v) is 6.60. The van der Waals surface area contributed by atoms with E-state index in [1.165, 1.54) is 48.9 Å². The molecule has 2 heteroatoms. The number of hydrogen-bond donors (Lipinski definition) is 1. The zero-order valence-electron chi connectivity index (χ0n) is 12.7. The average Bonchev–Trinajstić information content (AvgIpc) is 2.94. The fraction of sp³-hybridized carbons (Fsp3) is 0.0476. The SMILES string of the molecule is Cc1ccc2c(c1)c1cc(Cl)ccc1c1c3ccccc3[nH]c21. The Morgan fingerprint density at radius 1 is 0.739 bits per heavy atom. The van der Waals surface area contributed by atoms with E-state index in [0.29, 0.717) is 0 Å². The molecule has 0 aliphatic rings. The Kier molecular flexibility index (Phi) is 2.54. The van der Waals surface area contributed by atoms with Gasteiger partial charge in [0.25, 0.3) is 0 Å². The molecule has 23 heavy (non-hydrogen) atoms. The number of para-hydroxylation sites is 1. The van der Waals surface area contributed by atoms with Crippen LogP contribution < -0.4 is 0 Å². The van der Waals surface area contributed by atoms with Crippen LogP contribution in [0.1, 0.15) is 5.56 Å². The molecule has 0 radical (unpaired) electrons. The van der Waals surface area contributed by atoms with E-state index in [0.717, 1.165) is 5.02 Å². The summed E-state index contributed by atoms with van der Waals surface area (Å²) in [6, 6.07) is 21.3. The number of halogens is 1. The van der Waals surface area contributed by atoms with E-state index >= 15 is 0 Å². The lowest BCUT2D eigenvalue weighted by molar-refractivity contribution is 1.51. The van der Waals surface area contributed by atoms with Crippen molar-refractivity contribution in [3.63, 3.8) is 0 Å². The monoisotopic (exact) mass is 315 g/mol. The molecule has 0 spiro atoms. The molecular weight excluding hydrogens is 302 g/mol. The predicted molar refractivity (Wildman–Crippen MR) is 101 cm³/mol. The van der Waals surface area contributed by atoms with Crippen LogP contribution in [0.5, 0.6) is 0 Å². The van der Waals surface area contributed by atoms with Gasteiger partial charge in [-0.05, 0) is 41.3 Å². The molecule has 0 unspecified atom stereocenters. The number of aromatic nitrogens is 1. The van der Waals surface area contributed by atoms with E-state index in [1.807, 2.05) is 6.07 Å². The Bertz CT molecular complexity index is 1230. The fourth-order valence-corrected chi connectivity index (χ4v) is 3.85. The van der Waals surface area contributed by atoms with Crippen molar-refractivity contribution in [2.75, 3.05) is 0 Å². The first-order valence-electron chi connectivity index (χ1n) is 7.74. The minimum atomic E-state index is 0.777. The Balaban J connectivity index is 2.20. The van der Waals surface area contributed by atoms with Gasteiger partial charge in [0, 0.05) is 26.7 Å². The van der Waals surface area contributed by atoms with Crippen LogP contribution in [0.4, 0.5) is 0 Å². The highest BCUT2D eigenvalue weighted by molar-refractivity contribution is 6.35. The summed E-state index contributed by atoms with van der Waals surface area (Å²) >= 11 is 6.29. The number of fused-ring (bicyclic) bond motifs is 8. The second kappa shape index (κ2) is 4.50. The van der Waals surface area contributed by atoms with E-state index in [1.54, 1.807) is 0 Å². The molecule has 1 heterocycles. The Morgan fingerprint density at radius 2 is 1.52 bits per heavy atom. The van der Waals surface area contributed by atoms with E-state index < -0.39 is 0 Å². The first-order chi connectivity index (χ1) is 11.2. The van der Waals surface area contributed by atoms with Crippen molar-refractivity contribution in [3.05, 3.63) is 71.2 Å². The first-order valence-corrected chi connectivity index (χ1v) is 8.12. The molecule has 1 N–H and O–H groups in total. The zero-order valence-corrected chi connectivity index (χ0v) is 13.4. The third-order valence-electron chi connectivity index (χ3n) is 4.69. The molecule has 0 fully saturated rings. The molecular formula is C21H14ClN. The van der Waals surface area contributed by atoms with Crippen LogP contribution in [0.25, 0.3) is 43.4 Å². The number of hydrogen-bond acceptors (Lipinski definition) is 0. The molecule has 5 aromatic rings. The van der Waals surface area contributed by atoms with E-state index in [4.69, 9.17) is 11.6 Å². The number of nitrogens with one attached hydrogen (secondary N) is 1. The average molecular weight is 316 g/mol. The summed E-state index contributed by atoms with van der Waals surface area (Å²) in [7, 11) is 0. The van der Waals surface area contributed by atoms with Crippen LogP contribution in [0.2, 0.25) is 5.02 Å². The molecule has 1 nitrogen and oxygen atoms in total. The van der Waals surface area contributed by atoms with Gasteiger partial charge in [-0.25, -0.2) is 0 Å². The van der Waals surface area contributed by atoms with Crippen molar-refractivity contribution < 1.29 is 0 Å². The van der Waals surface area contributed by atoms with Gasteiger partial charge in [0.15, 0.2) is 0 Å². The summed E-state index contributed by atoms with van der Waals surface area (Å²) in [5.41, 5.74) is 3.64. The molecule has 0 atom stereocenters. The third-order valence-corrected chi connectivity index (χ3v) is 4.93. The standard InChI is InChI=1S/C21H14ClN/c1-12-6-8-15-17(10-12)18-11-13(22)7-9-14(18)20-16-4-2-3-5-19(16)23-21(15)20/h2-11,23H,1H3. The van der Waals surface area contributed by atoms with Crippen LogP contribution in [-0.4, -0.2) is 4.98 Å². The molecule has 0 aliphatic carbocycles. The lowest BCUT2D eigenvalue weighted by Gasteiger charge is -2.09. The van der Waals surface area contributed by atoms with E-state index in [2.05, 4.69) is 66.5 Å². The molecule has 1 aromatic heterocycles. The molecule has 0 saturated carbocycles. The van der Waals surface area contributed by atoms with Crippen LogP contribution in [0, 0.1) is 6.92 Å². The lowest BCUT2D eigenvalue weighted by Crippen LogP contribution is -1.83. The van der Waals surface area contributed by atoms with Crippen molar-refractivity contribution in [2.24, 2.45) is 0 Å². The van der Waals surface area contributed by atoms with Crippen molar-refractivity contribution in [1.29, 1.82) is 0 Å². The highest BCUT2D eigenvalue weighted by Crippen LogP contribution is 2.39. The molecule has 0 bridgehead atoms. The maximum atomic E-state index is 6.29. The van der Waals surface area contributed by atoms with Crippen molar-refractivity contribution in [3.8, 4) is 0 Å². The molecule has 0 saturated heterocycles. The summed E-state index contributed by atoms with van der Waals surface area (Å²) in [6.07, 6.45) is 0. The van der Waals surface area contributed by atoms with Gasteiger partial charge in [-0.2, -0.15) is 0 Å². The minimum Gasteiger partial charge on any atom is -0.354 e. The molecule has 0 amide bonds. The molecule has 4 aromatic carbocycles. The maximum Gasteiger partial charge on any atom is 0.0551 e. The quantitative estimate of drug-likeness (QED) is 0.310. The molecule has 0 aliphatic heterocycles. The second-order valence-electron chi connectivity index (χ2n) is 6.16. The highest BCUT2D eigenvalue weighted by atomic mass is 35.5. The van der Waals surface area contributed by atoms with Gasteiger partial charge in [-0.1, -0.05) is 59.6 Å². The lowest BCUT2D eigenvalue weighted by atomic mass is 9.96. The van der Waals surface area contributed by atoms with Gasteiger partial charge in [0.1, 0.15) is 0 Å². The predicted octanol–water partition coefficient (Wildman–Crippen LogP) is 6.59. The summed E-state index contributed by atoms with van der Waals surface area (Å²) in [5.74, 6) is 0. The van der Waals surface area contributed by atoms with Crippen molar-refractivity contribution in [1.82, 2.24) is 4.98 Å². The third kappa shape index (κ3) is 1.74. The summed E-state index contributed by atoms with van der Waals surface area (Å²) < 4.78 is 0. The smallest absolute Gasteiger partial charge is 0.0551 e. The Labute approximate surface area is 138 Å².